The second-order valence-corrected chi connectivity index (χ2v) is 12.4. The molecular formula is C21H34ClN2OP. The van der Waals surface area contributed by atoms with Gasteiger partial charge in [0.05, 0.1) is 0 Å². The Kier molecular flexibility index (Phi) is 8.57. The van der Waals surface area contributed by atoms with Crippen molar-refractivity contribution in [3.8, 4) is 11.5 Å². The Morgan fingerprint density at radius 3 is 2.00 bits per heavy atom. The van der Waals surface area contributed by atoms with Gasteiger partial charge in [0.15, 0.2) is 0 Å². The molecule has 0 atom stereocenters. The zero-order valence-electron chi connectivity index (χ0n) is 16.8. The van der Waals surface area contributed by atoms with Crippen molar-refractivity contribution in [1.82, 2.24) is 10.2 Å². The standard InChI is InChI=1S/C21H34ClN2OP/c1-5-8-13-26(14-9-6-2,15-10-7-3)19-12-11-18(20(22)17(19)4)21-24-23-16-25-21/h11-12,16,26H,5-10,13-15H2,1-4H3. The summed E-state index contributed by atoms with van der Waals surface area (Å²) in [6.07, 6.45) is 13.2. The molecule has 0 aliphatic heterocycles. The van der Waals surface area contributed by atoms with Gasteiger partial charge in [-0.2, -0.15) is 0 Å². The molecule has 1 heterocycles. The van der Waals surface area contributed by atoms with Gasteiger partial charge in [-0.05, 0) is 0 Å². The van der Waals surface area contributed by atoms with E-state index in [1.807, 2.05) is 0 Å². The van der Waals surface area contributed by atoms with Gasteiger partial charge in [-0.15, -0.1) is 0 Å². The predicted molar refractivity (Wildman–Crippen MR) is 117 cm³/mol. The van der Waals surface area contributed by atoms with Gasteiger partial charge in [-0.3, -0.25) is 0 Å². The van der Waals surface area contributed by atoms with E-state index in [-0.39, 0.29) is 0 Å². The van der Waals surface area contributed by atoms with Gasteiger partial charge in [-0.1, -0.05) is 0 Å². The second kappa shape index (κ2) is 10.4. The number of aromatic nitrogens is 2. The van der Waals surface area contributed by atoms with Gasteiger partial charge in [0.25, 0.3) is 0 Å². The third-order valence-corrected chi connectivity index (χ3v) is 11.7. The zero-order valence-corrected chi connectivity index (χ0v) is 18.5. The van der Waals surface area contributed by atoms with Crippen LogP contribution in [-0.4, -0.2) is 28.7 Å². The molecular weight excluding hydrogens is 363 g/mol. The van der Waals surface area contributed by atoms with Crippen molar-refractivity contribution in [2.75, 3.05) is 18.5 Å². The SMILES string of the molecule is CCCC[PH](CCCC)(CCCC)c1ccc(-c2nnco2)c(Cl)c1C. The van der Waals surface area contributed by atoms with Gasteiger partial charge in [0.2, 0.25) is 0 Å². The van der Waals surface area contributed by atoms with E-state index in [4.69, 9.17) is 16.0 Å². The molecule has 2 rings (SSSR count). The molecule has 1 aromatic heterocycles. The van der Waals surface area contributed by atoms with E-state index in [9.17, 15) is 0 Å². The number of nitrogens with zero attached hydrogens (tertiary/aromatic N) is 2. The van der Waals surface area contributed by atoms with Crippen molar-refractivity contribution in [1.29, 1.82) is 0 Å². The third-order valence-electron chi connectivity index (χ3n) is 5.57. The molecule has 0 saturated heterocycles. The maximum absolute atomic E-state index is 6.79. The average Bonchev–Trinajstić information content (AvgIpc) is 3.18. The molecule has 0 radical (unpaired) electrons. The summed E-state index contributed by atoms with van der Waals surface area (Å²) in [4.78, 5) is 0. The van der Waals surface area contributed by atoms with Crippen molar-refractivity contribution < 1.29 is 4.42 Å². The minimum absolute atomic E-state index is 0.507. The first-order valence-corrected chi connectivity index (χ1v) is 13.2. The van der Waals surface area contributed by atoms with Crippen LogP contribution in [0, 0.1) is 6.92 Å². The molecule has 0 fully saturated rings. The monoisotopic (exact) mass is 396 g/mol. The summed E-state index contributed by atoms with van der Waals surface area (Å²) in [5, 5.41) is 10.2. The number of benzene rings is 1. The number of rotatable bonds is 11. The zero-order chi connectivity index (χ0) is 19.0. The third kappa shape index (κ3) is 4.87. The summed E-state index contributed by atoms with van der Waals surface area (Å²) in [6, 6.07) is 4.43. The summed E-state index contributed by atoms with van der Waals surface area (Å²) in [5.41, 5.74) is 2.09. The second-order valence-electron chi connectivity index (χ2n) is 7.43. The summed E-state index contributed by atoms with van der Waals surface area (Å²) in [7, 11) is -1.57. The molecule has 0 N–H and O–H groups in total. The van der Waals surface area contributed by atoms with Gasteiger partial charge < -0.3 is 0 Å². The first-order chi connectivity index (χ1) is 12.6. The molecule has 0 bridgehead atoms. The molecule has 0 unspecified atom stereocenters. The van der Waals surface area contributed by atoms with E-state index in [0.717, 1.165) is 10.6 Å². The van der Waals surface area contributed by atoms with E-state index < -0.39 is 7.26 Å². The summed E-state index contributed by atoms with van der Waals surface area (Å²) >= 11 is 6.79. The molecule has 5 heteroatoms. The van der Waals surface area contributed by atoms with E-state index in [0.29, 0.717) is 5.89 Å². The fourth-order valence-electron chi connectivity index (χ4n) is 4.04. The van der Waals surface area contributed by atoms with Crippen molar-refractivity contribution in [2.45, 2.75) is 66.2 Å². The Bertz CT molecular complexity index is 651. The fourth-order valence-corrected chi connectivity index (χ4v) is 10.4. The molecule has 0 aliphatic rings. The Labute approximate surface area is 164 Å². The molecule has 146 valence electrons. The van der Waals surface area contributed by atoms with Crippen molar-refractivity contribution in [3.05, 3.63) is 29.1 Å². The van der Waals surface area contributed by atoms with Gasteiger partial charge in [0.1, 0.15) is 0 Å². The molecule has 26 heavy (non-hydrogen) atoms. The topological polar surface area (TPSA) is 38.9 Å². The van der Waals surface area contributed by atoms with Crippen LogP contribution in [0.3, 0.4) is 0 Å². The molecule has 3 nitrogen and oxygen atoms in total. The van der Waals surface area contributed by atoms with E-state index in [1.165, 1.54) is 69.0 Å². The molecule has 1 aromatic carbocycles. The normalized spacial score (nSPS) is 12.5. The number of halogens is 1. The average molecular weight is 397 g/mol. The van der Waals surface area contributed by atoms with E-state index in [1.54, 1.807) is 5.30 Å². The van der Waals surface area contributed by atoms with Gasteiger partial charge in [-0.25, -0.2) is 0 Å². The maximum atomic E-state index is 6.79. The van der Waals surface area contributed by atoms with Crippen LogP contribution >= 0.6 is 18.9 Å². The number of unbranched alkanes of at least 4 members (excludes halogenated alkanes) is 3. The number of hydrogen-bond donors (Lipinski definition) is 0. The minimum atomic E-state index is -1.57. The quantitative estimate of drug-likeness (QED) is 0.408. The van der Waals surface area contributed by atoms with E-state index >= 15 is 0 Å². The van der Waals surface area contributed by atoms with Crippen LogP contribution in [0.2, 0.25) is 5.02 Å². The fraction of sp³-hybridized carbons (Fsp3) is 0.619. The molecule has 0 aliphatic carbocycles. The van der Waals surface area contributed by atoms with Crippen molar-refractivity contribution >= 4 is 24.2 Å². The van der Waals surface area contributed by atoms with Crippen LogP contribution in [0.1, 0.15) is 64.9 Å². The van der Waals surface area contributed by atoms with E-state index in [2.05, 4.69) is 50.0 Å². The Morgan fingerprint density at radius 1 is 0.962 bits per heavy atom. The van der Waals surface area contributed by atoms with Crippen LogP contribution in [-0.2, 0) is 0 Å². The van der Waals surface area contributed by atoms with Crippen LogP contribution in [0.15, 0.2) is 22.9 Å². The van der Waals surface area contributed by atoms with Gasteiger partial charge in [0, 0.05) is 0 Å². The summed E-state index contributed by atoms with van der Waals surface area (Å²) in [5.74, 6) is 0.507. The Hall–Kier alpha value is -0.920. The first kappa shape index (κ1) is 21.4. The van der Waals surface area contributed by atoms with Crippen molar-refractivity contribution in [3.63, 3.8) is 0 Å². The molecule has 2 aromatic rings. The van der Waals surface area contributed by atoms with Crippen LogP contribution < -0.4 is 5.30 Å². The summed E-state index contributed by atoms with van der Waals surface area (Å²) < 4.78 is 5.38. The predicted octanol–water partition coefficient (Wildman–Crippen LogP) is 6.47. The molecule has 0 spiro atoms. The van der Waals surface area contributed by atoms with Crippen LogP contribution in [0.25, 0.3) is 11.5 Å². The van der Waals surface area contributed by atoms with Gasteiger partial charge >= 0.3 is 164 Å². The summed E-state index contributed by atoms with van der Waals surface area (Å²) in [6.45, 7) is 9.09. The first-order valence-electron chi connectivity index (χ1n) is 10.2. The van der Waals surface area contributed by atoms with Crippen LogP contribution in [0.5, 0.6) is 0 Å². The Morgan fingerprint density at radius 2 is 1.54 bits per heavy atom. The van der Waals surface area contributed by atoms with Crippen LogP contribution in [0.4, 0.5) is 0 Å². The molecule has 0 saturated carbocycles. The number of hydrogen-bond acceptors (Lipinski definition) is 3. The van der Waals surface area contributed by atoms with Crippen molar-refractivity contribution in [2.24, 2.45) is 0 Å². The Balaban J connectivity index is 2.49. The molecule has 0 amide bonds.